The van der Waals surface area contributed by atoms with Crippen LogP contribution in [0.2, 0.25) is 0 Å². The van der Waals surface area contributed by atoms with Crippen LogP contribution >= 0.6 is 0 Å². The van der Waals surface area contributed by atoms with Crippen LogP contribution < -0.4 is 0 Å². The summed E-state index contributed by atoms with van der Waals surface area (Å²) >= 11 is 0. The molecule has 0 saturated heterocycles. The van der Waals surface area contributed by atoms with Gasteiger partial charge in [0.05, 0.1) is 6.61 Å². The van der Waals surface area contributed by atoms with Gasteiger partial charge >= 0.3 is 5.97 Å². The van der Waals surface area contributed by atoms with Crippen molar-refractivity contribution in [1.82, 2.24) is 0 Å². The molecule has 0 radical (unpaired) electrons. The van der Waals surface area contributed by atoms with Crippen LogP contribution in [-0.2, 0) is 14.3 Å². The zero-order chi connectivity index (χ0) is 15.8. The minimum atomic E-state index is -0.186. The molecular formula is C17H34O3. The molecule has 0 heterocycles. The van der Waals surface area contributed by atoms with Gasteiger partial charge in [0.2, 0.25) is 0 Å². The van der Waals surface area contributed by atoms with E-state index in [9.17, 15) is 4.79 Å². The van der Waals surface area contributed by atoms with Gasteiger partial charge < -0.3 is 9.47 Å². The number of carbonyl (C=O) groups excluding carboxylic acids is 1. The molecule has 20 heavy (non-hydrogen) atoms. The van der Waals surface area contributed by atoms with Gasteiger partial charge in [-0.3, -0.25) is 4.79 Å². The van der Waals surface area contributed by atoms with Gasteiger partial charge in [-0.15, -0.1) is 0 Å². The summed E-state index contributed by atoms with van der Waals surface area (Å²) < 4.78 is 10.3. The molecule has 0 bridgehead atoms. The Morgan fingerprint density at radius 2 is 1.70 bits per heavy atom. The molecule has 0 aliphatic carbocycles. The number of hydrogen-bond donors (Lipinski definition) is 0. The summed E-state index contributed by atoms with van der Waals surface area (Å²) in [6.07, 6.45) is 4.34. The highest BCUT2D eigenvalue weighted by molar-refractivity contribution is 5.65. The highest BCUT2D eigenvalue weighted by Gasteiger charge is 2.33. The summed E-state index contributed by atoms with van der Waals surface area (Å²) in [5.74, 6) is 0.444. The van der Waals surface area contributed by atoms with E-state index in [0.717, 1.165) is 25.9 Å². The van der Waals surface area contributed by atoms with Crippen molar-refractivity contribution in [2.45, 2.75) is 67.2 Å². The molecule has 1 unspecified atom stereocenters. The lowest BCUT2D eigenvalue weighted by atomic mass is 9.67. The van der Waals surface area contributed by atoms with E-state index in [1.807, 2.05) is 0 Å². The first kappa shape index (κ1) is 19.4. The first-order chi connectivity index (χ1) is 9.14. The van der Waals surface area contributed by atoms with Gasteiger partial charge in [0.15, 0.2) is 0 Å². The highest BCUT2D eigenvalue weighted by Crippen LogP contribution is 2.42. The second kappa shape index (κ2) is 8.66. The summed E-state index contributed by atoms with van der Waals surface area (Å²) in [6.45, 7) is 14.3. The van der Waals surface area contributed by atoms with Crippen molar-refractivity contribution < 1.29 is 14.3 Å². The molecule has 0 N–H and O–H groups in total. The number of carbonyl (C=O) groups is 1. The fourth-order valence-electron chi connectivity index (χ4n) is 2.78. The van der Waals surface area contributed by atoms with Gasteiger partial charge in [0.25, 0.3) is 0 Å². The van der Waals surface area contributed by atoms with Crippen LogP contribution in [0.3, 0.4) is 0 Å². The van der Waals surface area contributed by atoms with Crippen molar-refractivity contribution in [3.63, 3.8) is 0 Å². The molecule has 0 aliphatic heterocycles. The van der Waals surface area contributed by atoms with Gasteiger partial charge in [-0.25, -0.2) is 0 Å². The van der Waals surface area contributed by atoms with Crippen LogP contribution in [0, 0.1) is 16.7 Å². The maximum absolute atomic E-state index is 10.9. The second-order valence-electron chi connectivity index (χ2n) is 7.29. The van der Waals surface area contributed by atoms with Gasteiger partial charge in [-0.1, -0.05) is 41.0 Å². The predicted molar refractivity (Wildman–Crippen MR) is 83.7 cm³/mol. The largest absolute Gasteiger partial charge is 0.466 e. The second-order valence-corrected chi connectivity index (χ2v) is 7.29. The quantitative estimate of drug-likeness (QED) is 0.557. The molecule has 0 spiro atoms. The van der Waals surface area contributed by atoms with Crippen molar-refractivity contribution in [2.75, 3.05) is 20.3 Å². The average Bonchev–Trinajstić information content (AvgIpc) is 2.32. The number of esters is 1. The Bertz CT molecular complexity index is 282. The molecular weight excluding hydrogens is 252 g/mol. The van der Waals surface area contributed by atoms with Gasteiger partial charge in [-0.2, -0.15) is 0 Å². The van der Waals surface area contributed by atoms with Crippen molar-refractivity contribution in [2.24, 2.45) is 16.7 Å². The highest BCUT2D eigenvalue weighted by atomic mass is 16.5. The van der Waals surface area contributed by atoms with E-state index in [1.165, 1.54) is 13.3 Å². The first-order valence-electron chi connectivity index (χ1n) is 7.77. The molecule has 0 aromatic rings. The lowest BCUT2D eigenvalue weighted by molar-refractivity contribution is -0.141. The monoisotopic (exact) mass is 286 g/mol. The molecule has 0 aliphatic rings. The van der Waals surface area contributed by atoms with E-state index < -0.39 is 0 Å². The molecule has 3 nitrogen and oxygen atoms in total. The minimum absolute atomic E-state index is 0.186. The minimum Gasteiger partial charge on any atom is -0.466 e. The van der Waals surface area contributed by atoms with E-state index in [1.54, 1.807) is 7.11 Å². The van der Waals surface area contributed by atoms with E-state index in [0.29, 0.717) is 12.5 Å². The first-order valence-corrected chi connectivity index (χ1v) is 7.77. The maximum atomic E-state index is 10.9. The Balaban J connectivity index is 4.50. The van der Waals surface area contributed by atoms with E-state index >= 15 is 0 Å². The van der Waals surface area contributed by atoms with Crippen LogP contribution in [0.5, 0.6) is 0 Å². The van der Waals surface area contributed by atoms with Gasteiger partial charge in [0.1, 0.15) is 0 Å². The molecule has 0 saturated carbocycles. The number of rotatable bonds is 10. The Morgan fingerprint density at radius 1 is 1.10 bits per heavy atom. The third-order valence-corrected chi connectivity index (χ3v) is 4.43. The molecule has 0 aromatic carbocycles. The molecule has 0 amide bonds. The molecule has 120 valence electrons. The normalized spacial score (nSPS) is 14.2. The number of ether oxygens (including phenoxy) is 2. The van der Waals surface area contributed by atoms with Crippen LogP contribution in [0.15, 0.2) is 0 Å². The van der Waals surface area contributed by atoms with E-state index in [2.05, 4.69) is 34.6 Å². The zero-order valence-electron chi connectivity index (χ0n) is 14.5. The Labute approximate surface area is 125 Å². The van der Waals surface area contributed by atoms with Crippen LogP contribution in [0.4, 0.5) is 0 Å². The molecule has 0 rings (SSSR count). The average molecular weight is 286 g/mol. The third-order valence-electron chi connectivity index (χ3n) is 4.43. The Morgan fingerprint density at radius 3 is 2.15 bits per heavy atom. The number of methoxy groups -OCH3 is 1. The fourth-order valence-corrected chi connectivity index (χ4v) is 2.78. The zero-order valence-corrected chi connectivity index (χ0v) is 14.5. The Kier molecular flexibility index (Phi) is 8.41. The molecule has 1 atom stereocenters. The lowest BCUT2D eigenvalue weighted by Gasteiger charge is -2.39. The fraction of sp³-hybridized carbons (Fsp3) is 0.941. The van der Waals surface area contributed by atoms with Crippen molar-refractivity contribution >= 4 is 5.97 Å². The summed E-state index contributed by atoms with van der Waals surface area (Å²) in [7, 11) is 1.76. The summed E-state index contributed by atoms with van der Waals surface area (Å²) in [6, 6.07) is 0. The standard InChI is InChI=1S/C17H34O3/c1-8-15(13-16(3,4)9-11-19-7)17(5,6)10-12-20-14(2)18/h15H,8-13H2,1-7H3. The van der Waals surface area contributed by atoms with Crippen molar-refractivity contribution in [1.29, 1.82) is 0 Å². The van der Waals surface area contributed by atoms with Crippen LogP contribution in [0.1, 0.15) is 67.2 Å². The summed E-state index contributed by atoms with van der Waals surface area (Å²) in [5.41, 5.74) is 0.476. The van der Waals surface area contributed by atoms with Crippen LogP contribution in [-0.4, -0.2) is 26.3 Å². The topological polar surface area (TPSA) is 35.5 Å². The number of hydrogen-bond acceptors (Lipinski definition) is 3. The molecule has 0 fully saturated rings. The van der Waals surface area contributed by atoms with E-state index in [-0.39, 0.29) is 16.8 Å². The SMILES string of the molecule is CCC(CC(C)(C)CCOC)C(C)(C)CCOC(C)=O. The Hall–Kier alpha value is -0.570. The maximum Gasteiger partial charge on any atom is 0.302 e. The van der Waals surface area contributed by atoms with Gasteiger partial charge in [0, 0.05) is 20.6 Å². The van der Waals surface area contributed by atoms with Crippen LogP contribution in [0.25, 0.3) is 0 Å². The summed E-state index contributed by atoms with van der Waals surface area (Å²) in [5, 5.41) is 0. The molecule has 3 heteroatoms. The lowest BCUT2D eigenvalue weighted by Crippen LogP contribution is -2.30. The summed E-state index contributed by atoms with van der Waals surface area (Å²) in [4.78, 5) is 10.9. The van der Waals surface area contributed by atoms with E-state index in [4.69, 9.17) is 9.47 Å². The smallest absolute Gasteiger partial charge is 0.302 e. The third kappa shape index (κ3) is 7.88. The van der Waals surface area contributed by atoms with Gasteiger partial charge in [-0.05, 0) is 36.0 Å². The predicted octanol–water partition coefficient (Wildman–Crippen LogP) is 4.44. The van der Waals surface area contributed by atoms with Crippen molar-refractivity contribution in [3.05, 3.63) is 0 Å². The van der Waals surface area contributed by atoms with Crippen molar-refractivity contribution in [3.8, 4) is 0 Å². The molecule has 0 aromatic heterocycles.